The molecule has 0 fully saturated rings. The molecule has 0 aliphatic carbocycles. The van der Waals surface area contributed by atoms with E-state index in [0.29, 0.717) is 6.54 Å². The molecule has 0 aromatic heterocycles. The second-order valence-corrected chi connectivity index (χ2v) is 5.94. The lowest BCUT2D eigenvalue weighted by Crippen LogP contribution is -2.51. The number of nitrogens with zero attached hydrogens (tertiary/aromatic N) is 4. The molecule has 0 bridgehead atoms. The minimum absolute atomic E-state index is 0.204. The van der Waals surface area contributed by atoms with Crippen LogP contribution in [0.3, 0.4) is 0 Å². The molecule has 1 aromatic carbocycles. The second-order valence-electron chi connectivity index (χ2n) is 5.94. The van der Waals surface area contributed by atoms with Gasteiger partial charge in [0.15, 0.2) is 0 Å². The zero-order chi connectivity index (χ0) is 16.8. The Hall–Kier alpha value is -2.20. The van der Waals surface area contributed by atoms with Crippen LogP contribution in [0.1, 0.15) is 51.1 Å². The number of azide groups is 1. The quantitative estimate of drug-likeness (QED) is 0.347. The normalized spacial score (nSPS) is 23.0. The van der Waals surface area contributed by atoms with Crippen LogP contribution in [0.15, 0.2) is 29.4 Å². The van der Waals surface area contributed by atoms with Crippen LogP contribution in [0.25, 0.3) is 10.4 Å². The van der Waals surface area contributed by atoms with Crippen molar-refractivity contribution in [2.75, 3.05) is 11.4 Å². The predicted molar refractivity (Wildman–Crippen MR) is 90.4 cm³/mol. The molecule has 0 saturated heterocycles. The molecule has 1 N–H and O–H groups in total. The Labute approximate surface area is 136 Å². The zero-order valence-corrected chi connectivity index (χ0v) is 13.7. The van der Waals surface area contributed by atoms with E-state index in [0.717, 1.165) is 36.9 Å². The van der Waals surface area contributed by atoms with Gasteiger partial charge in [-0.25, -0.2) is 4.79 Å². The highest BCUT2D eigenvalue weighted by atomic mass is 16.4. The second kappa shape index (κ2) is 7.88. The average Bonchev–Trinajstić information content (AvgIpc) is 2.55. The van der Waals surface area contributed by atoms with Crippen LogP contribution in [-0.2, 0) is 4.79 Å². The van der Waals surface area contributed by atoms with E-state index in [2.05, 4.69) is 16.9 Å². The first-order valence-corrected chi connectivity index (χ1v) is 8.28. The molecule has 2 rings (SSSR count). The lowest BCUT2D eigenvalue weighted by atomic mass is 9.78. The van der Waals surface area contributed by atoms with Crippen LogP contribution in [0.2, 0.25) is 0 Å². The Morgan fingerprint density at radius 2 is 2.09 bits per heavy atom. The van der Waals surface area contributed by atoms with Gasteiger partial charge in [-0.1, -0.05) is 49.5 Å². The third-order valence-electron chi connectivity index (χ3n) is 4.62. The van der Waals surface area contributed by atoms with Gasteiger partial charge in [-0.05, 0) is 30.5 Å². The topological polar surface area (TPSA) is 89.3 Å². The first-order chi connectivity index (χ1) is 11.2. The third kappa shape index (κ3) is 3.42. The Balaban J connectivity index is 2.50. The molecular weight excluding hydrogens is 292 g/mol. The molecule has 0 spiro atoms. The van der Waals surface area contributed by atoms with Crippen molar-refractivity contribution in [3.8, 4) is 0 Å². The Kier molecular flexibility index (Phi) is 5.88. The van der Waals surface area contributed by atoms with Crippen LogP contribution in [0, 0.1) is 5.92 Å². The molecule has 23 heavy (non-hydrogen) atoms. The van der Waals surface area contributed by atoms with E-state index in [1.165, 1.54) is 0 Å². The van der Waals surface area contributed by atoms with E-state index >= 15 is 0 Å². The van der Waals surface area contributed by atoms with Crippen molar-refractivity contribution in [3.63, 3.8) is 0 Å². The number of anilines is 1. The fraction of sp³-hybridized carbons (Fsp3) is 0.588. The van der Waals surface area contributed by atoms with E-state index in [4.69, 9.17) is 5.53 Å². The number of benzene rings is 1. The monoisotopic (exact) mass is 316 g/mol. The summed E-state index contributed by atoms with van der Waals surface area (Å²) in [6.07, 6.45) is 3.83. The van der Waals surface area contributed by atoms with Gasteiger partial charge >= 0.3 is 5.97 Å². The molecule has 0 unspecified atom stereocenters. The van der Waals surface area contributed by atoms with Crippen molar-refractivity contribution >= 4 is 11.7 Å². The molecule has 6 nitrogen and oxygen atoms in total. The van der Waals surface area contributed by atoms with E-state index in [9.17, 15) is 9.90 Å². The number of carbonyl (C=O) groups is 1. The molecule has 0 saturated carbocycles. The molecule has 6 heteroatoms. The van der Waals surface area contributed by atoms with Gasteiger partial charge in [0.25, 0.3) is 0 Å². The fourth-order valence-corrected chi connectivity index (χ4v) is 3.62. The molecule has 1 aliphatic heterocycles. The van der Waals surface area contributed by atoms with E-state index in [-0.39, 0.29) is 5.92 Å². The standard InChI is InChI=1S/C17H24N4O2/c1-3-5-6-10-13-15(19-20-18)12-9-7-8-11-14(12)21(4-2)16(13)17(22)23/h7-9,11,13,15-16H,3-6,10H2,1-2H3,(H,22,23)/t13-,15-,16+/m1/s1. The van der Waals surface area contributed by atoms with Gasteiger partial charge < -0.3 is 10.0 Å². The maximum Gasteiger partial charge on any atom is 0.326 e. The summed E-state index contributed by atoms with van der Waals surface area (Å²) in [5, 5.41) is 13.8. The molecule has 3 atom stereocenters. The summed E-state index contributed by atoms with van der Waals surface area (Å²) in [6.45, 7) is 4.69. The summed E-state index contributed by atoms with van der Waals surface area (Å²) in [4.78, 5) is 16.9. The molecule has 1 aliphatic rings. The smallest absolute Gasteiger partial charge is 0.326 e. The predicted octanol–water partition coefficient (Wildman–Crippen LogP) is 4.53. The molecule has 1 heterocycles. The SMILES string of the molecule is CCCCC[C@@H]1[C@H](N=[N+]=[N-])c2ccccc2N(CC)[C@@H]1C(=O)O. The summed E-state index contributed by atoms with van der Waals surface area (Å²) in [5.41, 5.74) is 10.8. The molecule has 1 aromatic rings. The maximum atomic E-state index is 11.9. The lowest BCUT2D eigenvalue weighted by molar-refractivity contribution is -0.140. The van der Waals surface area contributed by atoms with E-state index in [1.54, 1.807) is 0 Å². The van der Waals surface area contributed by atoms with Crippen LogP contribution in [0.5, 0.6) is 0 Å². The number of aliphatic carboxylic acids is 1. The van der Waals surface area contributed by atoms with Gasteiger partial charge in [0.05, 0.1) is 6.04 Å². The highest BCUT2D eigenvalue weighted by Crippen LogP contribution is 2.45. The highest BCUT2D eigenvalue weighted by molar-refractivity contribution is 5.81. The Morgan fingerprint density at radius 1 is 1.35 bits per heavy atom. The molecule has 0 amide bonds. The molecule has 124 valence electrons. The van der Waals surface area contributed by atoms with Crippen molar-refractivity contribution in [2.45, 2.75) is 51.6 Å². The summed E-state index contributed by atoms with van der Waals surface area (Å²) in [7, 11) is 0. The summed E-state index contributed by atoms with van der Waals surface area (Å²) < 4.78 is 0. The fourth-order valence-electron chi connectivity index (χ4n) is 3.62. The Morgan fingerprint density at radius 3 is 2.70 bits per heavy atom. The number of hydrogen-bond donors (Lipinski definition) is 1. The number of hydrogen-bond acceptors (Lipinski definition) is 3. The van der Waals surface area contributed by atoms with Gasteiger partial charge in [-0.15, -0.1) is 0 Å². The largest absolute Gasteiger partial charge is 0.480 e. The summed E-state index contributed by atoms with van der Waals surface area (Å²) >= 11 is 0. The molecule has 0 radical (unpaired) electrons. The van der Waals surface area contributed by atoms with Gasteiger partial charge in [-0.3, -0.25) is 0 Å². The first-order valence-electron chi connectivity index (χ1n) is 8.28. The highest BCUT2D eigenvalue weighted by Gasteiger charge is 2.43. The van der Waals surface area contributed by atoms with Crippen molar-refractivity contribution < 1.29 is 9.90 Å². The number of fused-ring (bicyclic) bond motifs is 1. The summed E-state index contributed by atoms with van der Waals surface area (Å²) in [5.74, 6) is -1.05. The van der Waals surface area contributed by atoms with Crippen LogP contribution in [-0.4, -0.2) is 23.7 Å². The van der Waals surface area contributed by atoms with E-state index in [1.807, 2.05) is 36.1 Å². The van der Waals surface area contributed by atoms with Crippen LogP contribution in [0.4, 0.5) is 5.69 Å². The number of unbranched alkanes of at least 4 members (excludes halogenated alkanes) is 2. The van der Waals surface area contributed by atoms with Crippen LogP contribution < -0.4 is 4.90 Å². The van der Waals surface area contributed by atoms with Crippen molar-refractivity contribution in [2.24, 2.45) is 11.0 Å². The molecular formula is C17H24N4O2. The lowest BCUT2D eigenvalue weighted by Gasteiger charge is -2.44. The van der Waals surface area contributed by atoms with Crippen molar-refractivity contribution in [3.05, 3.63) is 40.3 Å². The Bertz CT molecular complexity index is 598. The van der Waals surface area contributed by atoms with Crippen molar-refractivity contribution in [1.82, 2.24) is 0 Å². The van der Waals surface area contributed by atoms with Gasteiger partial charge in [-0.2, -0.15) is 0 Å². The van der Waals surface area contributed by atoms with E-state index < -0.39 is 18.1 Å². The maximum absolute atomic E-state index is 11.9. The van der Waals surface area contributed by atoms with Crippen LogP contribution >= 0.6 is 0 Å². The minimum atomic E-state index is -0.846. The number of para-hydroxylation sites is 1. The minimum Gasteiger partial charge on any atom is -0.480 e. The van der Waals surface area contributed by atoms with Gasteiger partial charge in [0, 0.05) is 23.1 Å². The van der Waals surface area contributed by atoms with Crippen molar-refractivity contribution in [1.29, 1.82) is 0 Å². The summed E-state index contributed by atoms with van der Waals surface area (Å²) in [6, 6.07) is 6.60. The average molecular weight is 316 g/mol. The van der Waals surface area contributed by atoms with Gasteiger partial charge in [0.1, 0.15) is 6.04 Å². The number of likely N-dealkylation sites (N-methyl/N-ethyl adjacent to an activating group) is 1. The number of carboxylic acids is 1. The number of carboxylic acid groups (broad SMARTS) is 1. The third-order valence-corrected chi connectivity index (χ3v) is 4.62. The number of rotatable bonds is 7. The zero-order valence-electron chi connectivity index (χ0n) is 13.7. The van der Waals surface area contributed by atoms with Gasteiger partial charge in [0.2, 0.25) is 0 Å². The first kappa shape index (κ1) is 17.2.